The zero-order chi connectivity index (χ0) is 19.6. The van der Waals surface area contributed by atoms with Crippen molar-refractivity contribution in [2.75, 3.05) is 0 Å². The summed E-state index contributed by atoms with van der Waals surface area (Å²) in [5, 5.41) is 0.880. The van der Waals surface area contributed by atoms with Crippen molar-refractivity contribution in [1.82, 2.24) is 9.71 Å². The first-order valence-electron chi connectivity index (χ1n) is 8.41. The number of hydrogen-bond donors (Lipinski definition) is 1. The van der Waals surface area contributed by atoms with Gasteiger partial charge in [0, 0.05) is 22.5 Å². The van der Waals surface area contributed by atoms with Crippen molar-refractivity contribution in [3.8, 4) is 10.6 Å². The van der Waals surface area contributed by atoms with Gasteiger partial charge in [-0.25, -0.2) is 18.1 Å². The van der Waals surface area contributed by atoms with Gasteiger partial charge >= 0.3 is 0 Å². The lowest BCUT2D eigenvalue weighted by Gasteiger charge is -2.06. The Morgan fingerprint density at radius 3 is 2.37 bits per heavy atom. The molecule has 0 bridgehead atoms. The fraction of sp³-hybridized carbons (Fsp3) is 0.200. The first kappa shape index (κ1) is 19.4. The Bertz CT molecular complexity index is 1080. The molecule has 0 saturated heterocycles. The van der Waals surface area contributed by atoms with Crippen molar-refractivity contribution in [3.05, 3.63) is 70.2 Å². The van der Waals surface area contributed by atoms with E-state index in [4.69, 9.17) is 0 Å². The van der Waals surface area contributed by atoms with E-state index in [9.17, 15) is 13.2 Å². The highest BCUT2D eigenvalue weighted by atomic mass is 32.2. The number of sulfonamides is 1. The second kappa shape index (κ2) is 7.72. The molecule has 0 aliphatic rings. The second-order valence-corrected chi connectivity index (χ2v) is 9.10. The van der Waals surface area contributed by atoms with E-state index >= 15 is 0 Å². The standard InChI is InChI=1S/C20H20N2O3S2/c1-13-6-4-5-7-18(13)20-22-14(2)19(26-20)12-21-27(24,25)17-10-8-16(9-11-17)15(3)23/h4-11,21H,12H2,1-3H3. The smallest absolute Gasteiger partial charge is 0.240 e. The van der Waals surface area contributed by atoms with E-state index in [0.717, 1.165) is 26.7 Å². The van der Waals surface area contributed by atoms with Gasteiger partial charge in [-0.05, 0) is 38.5 Å². The lowest BCUT2D eigenvalue weighted by Crippen LogP contribution is -2.23. The molecule has 2 aromatic carbocycles. The molecule has 0 saturated carbocycles. The van der Waals surface area contributed by atoms with Crippen LogP contribution in [0.4, 0.5) is 0 Å². The summed E-state index contributed by atoms with van der Waals surface area (Å²) in [6.45, 7) is 5.52. The number of nitrogens with one attached hydrogen (secondary N) is 1. The summed E-state index contributed by atoms with van der Waals surface area (Å²) in [6.07, 6.45) is 0. The molecule has 0 spiro atoms. The fourth-order valence-electron chi connectivity index (χ4n) is 2.63. The normalized spacial score (nSPS) is 11.5. The van der Waals surface area contributed by atoms with Crippen LogP contribution >= 0.6 is 11.3 Å². The Morgan fingerprint density at radius 2 is 1.74 bits per heavy atom. The van der Waals surface area contributed by atoms with Crippen LogP contribution in [0.25, 0.3) is 10.6 Å². The highest BCUT2D eigenvalue weighted by molar-refractivity contribution is 7.89. The lowest BCUT2D eigenvalue weighted by molar-refractivity contribution is 0.101. The topological polar surface area (TPSA) is 76.1 Å². The molecule has 27 heavy (non-hydrogen) atoms. The monoisotopic (exact) mass is 400 g/mol. The van der Waals surface area contributed by atoms with E-state index in [1.165, 1.54) is 42.5 Å². The van der Waals surface area contributed by atoms with Crippen LogP contribution in [0.3, 0.4) is 0 Å². The van der Waals surface area contributed by atoms with Gasteiger partial charge in [0.25, 0.3) is 0 Å². The minimum absolute atomic E-state index is 0.101. The van der Waals surface area contributed by atoms with Crippen molar-refractivity contribution >= 4 is 27.1 Å². The van der Waals surface area contributed by atoms with Gasteiger partial charge < -0.3 is 0 Å². The van der Waals surface area contributed by atoms with Crippen LogP contribution in [-0.4, -0.2) is 19.2 Å². The molecule has 0 unspecified atom stereocenters. The molecule has 0 aliphatic carbocycles. The van der Waals surface area contributed by atoms with E-state index < -0.39 is 10.0 Å². The zero-order valence-corrected chi connectivity index (χ0v) is 16.9. The number of aryl methyl sites for hydroxylation is 2. The predicted molar refractivity (Wildman–Crippen MR) is 107 cm³/mol. The Balaban J connectivity index is 1.78. The summed E-state index contributed by atoms with van der Waals surface area (Å²) in [6, 6.07) is 13.9. The SMILES string of the molecule is CC(=O)c1ccc(S(=O)(=O)NCc2sc(-c3ccccc3C)nc2C)cc1. The largest absolute Gasteiger partial charge is 0.295 e. The van der Waals surface area contributed by atoms with Crippen LogP contribution in [0.15, 0.2) is 53.4 Å². The van der Waals surface area contributed by atoms with E-state index in [1.54, 1.807) is 0 Å². The summed E-state index contributed by atoms with van der Waals surface area (Å²) in [7, 11) is -3.66. The number of thiazole rings is 1. The van der Waals surface area contributed by atoms with E-state index in [2.05, 4.69) is 9.71 Å². The highest BCUT2D eigenvalue weighted by Crippen LogP contribution is 2.30. The number of carbonyl (C=O) groups is 1. The number of rotatable bonds is 6. The van der Waals surface area contributed by atoms with Gasteiger partial charge in [-0.1, -0.05) is 36.4 Å². The third-order valence-electron chi connectivity index (χ3n) is 4.26. The van der Waals surface area contributed by atoms with E-state index in [-0.39, 0.29) is 17.2 Å². The minimum atomic E-state index is -3.66. The molecule has 0 fully saturated rings. The van der Waals surface area contributed by atoms with E-state index in [0.29, 0.717) is 5.56 Å². The van der Waals surface area contributed by atoms with E-state index in [1.807, 2.05) is 38.1 Å². The second-order valence-electron chi connectivity index (χ2n) is 6.25. The number of hydrogen-bond acceptors (Lipinski definition) is 5. The van der Waals surface area contributed by atoms with Crippen molar-refractivity contribution in [3.63, 3.8) is 0 Å². The van der Waals surface area contributed by atoms with Crippen LogP contribution in [-0.2, 0) is 16.6 Å². The molecule has 3 aromatic rings. The Kier molecular flexibility index (Phi) is 5.55. The van der Waals surface area contributed by atoms with Crippen LogP contribution in [0.5, 0.6) is 0 Å². The summed E-state index contributed by atoms with van der Waals surface area (Å²) in [5.41, 5.74) is 3.48. The van der Waals surface area contributed by atoms with Crippen molar-refractivity contribution < 1.29 is 13.2 Å². The number of aromatic nitrogens is 1. The molecule has 0 aliphatic heterocycles. The summed E-state index contributed by atoms with van der Waals surface area (Å²) in [4.78, 5) is 16.9. The molecule has 1 aromatic heterocycles. The maximum Gasteiger partial charge on any atom is 0.240 e. The molecule has 0 atom stereocenters. The van der Waals surface area contributed by atoms with Crippen LogP contribution in [0.1, 0.15) is 33.4 Å². The third kappa shape index (κ3) is 4.32. The number of Topliss-reactive ketones (excluding diaryl/α,β-unsaturated/α-hetero) is 1. The minimum Gasteiger partial charge on any atom is -0.295 e. The average molecular weight is 401 g/mol. The molecule has 3 rings (SSSR count). The van der Waals surface area contributed by atoms with Crippen molar-refractivity contribution in [2.45, 2.75) is 32.2 Å². The summed E-state index contributed by atoms with van der Waals surface area (Å²) in [5.74, 6) is -0.101. The number of carbonyl (C=O) groups excluding carboxylic acids is 1. The summed E-state index contributed by atoms with van der Waals surface area (Å²) < 4.78 is 27.7. The number of ketones is 1. The van der Waals surface area contributed by atoms with Crippen molar-refractivity contribution in [2.24, 2.45) is 0 Å². The van der Waals surface area contributed by atoms with Gasteiger partial charge in [0.2, 0.25) is 10.0 Å². The first-order chi connectivity index (χ1) is 12.8. The molecule has 1 heterocycles. The van der Waals surface area contributed by atoms with Gasteiger partial charge in [0.15, 0.2) is 5.78 Å². The number of benzene rings is 2. The van der Waals surface area contributed by atoms with Gasteiger partial charge in [-0.15, -0.1) is 11.3 Å². The first-order valence-corrected chi connectivity index (χ1v) is 10.7. The molecule has 0 radical (unpaired) electrons. The molecular weight excluding hydrogens is 380 g/mol. The fourth-order valence-corrected chi connectivity index (χ4v) is 4.81. The predicted octanol–water partition coefficient (Wildman–Crippen LogP) is 4.11. The molecule has 5 nitrogen and oxygen atoms in total. The number of nitrogens with zero attached hydrogens (tertiary/aromatic N) is 1. The van der Waals surface area contributed by atoms with Crippen LogP contribution in [0.2, 0.25) is 0 Å². The van der Waals surface area contributed by atoms with Gasteiger partial charge in [-0.3, -0.25) is 4.79 Å². The maximum atomic E-state index is 12.5. The highest BCUT2D eigenvalue weighted by Gasteiger charge is 2.17. The zero-order valence-electron chi connectivity index (χ0n) is 15.3. The third-order valence-corrected chi connectivity index (χ3v) is 6.87. The van der Waals surface area contributed by atoms with Crippen LogP contribution < -0.4 is 4.72 Å². The Labute approximate surface area is 163 Å². The summed E-state index contributed by atoms with van der Waals surface area (Å²) >= 11 is 1.49. The molecule has 1 N–H and O–H groups in total. The van der Waals surface area contributed by atoms with Gasteiger partial charge in [0.05, 0.1) is 10.6 Å². The van der Waals surface area contributed by atoms with Gasteiger partial charge in [-0.2, -0.15) is 0 Å². The van der Waals surface area contributed by atoms with Crippen LogP contribution in [0, 0.1) is 13.8 Å². The molecule has 7 heteroatoms. The molecule has 0 amide bonds. The molecule has 140 valence electrons. The Hall–Kier alpha value is -2.35. The van der Waals surface area contributed by atoms with Gasteiger partial charge in [0.1, 0.15) is 5.01 Å². The average Bonchev–Trinajstić information content (AvgIpc) is 3.01. The lowest BCUT2D eigenvalue weighted by atomic mass is 10.1. The molecular formula is C20H20N2O3S2. The Morgan fingerprint density at radius 1 is 1.07 bits per heavy atom. The maximum absolute atomic E-state index is 12.5. The van der Waals surface area contributed by atoms with Crippen molar-refractivity contribution in [1.29, 1.82) is 0 Å². The quantitative estimate of drug-likeness (QED) is 0.632.